The molecule has 1 amide bonds. The monoisotopic (exact) mass is 368 g/mol. The molecule has 1 aliphatic heterocycles. The molecule has 0 spiro atoms. The van der Waals surface area contributed by atoms with Crippen molar-refractivity contribution in [1.82, 2.24) is 24.6 Å². The molecule has 1 unspecified atom stereocenters. The van der Waals surface area contributed by atoms with Crippen LogP contribution in [0.1, 0.15) is 41.5 Å². The summed E-state index contributed by atoms with van der Waals surface area (Å²) in [7, 11) is 1.90. The fourth-order valence-electron chi connectivity index (χ4n) is 3.41. The number of aromatic nitrogens is 4. The average molecular weight is 368 g/mol. The van der Waals surface area contributed by atoms with Crippen molar-refractivity contribution >= 4 is 11.7 Å². The summed E-state index contributed by atoms with van der Waals surface area (Å²) >= 11 is 0. The molecule has 1 fully saturated rings. The Hall–Kier alpha value is -3.00. The topological polar surface area (TPSA) is 76.8 Å². The molecule has 8 heteroatoms. The number of hydrogen-bond acceptors (Lipinski definition) is 4. The van der Waals surface area contributed by atoms with Crippen molar-refractivity contribution in [3.05, 3.63) is 59.9 Å². The van der Waals surface area contributed by atoms with Crippen molar-refractivity contribution in [2.45, 2.75) is 25.3 Å². The Bertz CT molecular complexity index is 940. The van der Waals surface area contributed by atoms with Gasteiger partial charge in [-0.3, -0.25) is 4.79 Å². The standard InChI is InChI=1S/C19H21FN6O/c1-25-15(14-4-2-3-10-21-14)6-7-16(25)19(27)23-17-9-11-26(24-17)18-8-5-13(20)12-22-18/h5-9,11-12,14,21H,2-4,10H2,1H3,(H,23,24,27). The lowest BCUT2D eigenvalue weighted by molar-refractivity contribution is 0.101. The molecular formula is C19H21FN6O. The number of nitrogens with one attached hydrogen (secondary N) is 2. The first-order valence-electron chi connectivity index (χ1n) is 9.00. The van der Waals surface area contributed by atoms with Crippen LogP contribution in [0.5, 0.6) is 0 Å². The number of carbonyl (C=O) groups is 1. The van der Waals surface area contributed by atoms with E-state index in [1.807, 2.05) is 23.7 Å². The minimum Gasteiger partial charge on any atom is -0.342 e. The Balaban J connectivity index is 1.48. The number of carbonyl (C=O) groups excluding carboxylic acids is 1. The maximum Gasteiger partial charge on any atom is 0.273 e. The van der Waals surface area contributed by atoms with Gasteiger partial charge in [-0.1, -0.05) is 6.42 Å². The van der Waals surface area contributed by atoms with E-state index in [-0.39, 0.29) is 11.9 Å². The lowest BCUT2D eigenvalue weighted by Gasteiger charge is -2.24. The average Bonchev–Trinajstić information content (AvgIpc) is 3.30. The predicted octanol–water partition coefficient (Wildman–Crippen LogP) is 2.81. The van der Waals surface area contributed by atoms with E-state index in [4.69, 9.17) is 0 Å². The van der Waals surface area contributed by atoms with Crippen LogP contribution in [-0.4, -0.2) is 31.8 Å². The summed E-state index contributed by atoms with van der Waals surface area (Å²) < 4.78 is 16.4. The number of piperidine rings is 1. The maximum absolute atomic E-state index is 13.0. The van der Waals surface area contributed by atoms with Gasteiger partial charge in [0.1, 0.15) is 11.5 Å². The van der Waals surface area contributed by atoms with E-state index >= 15 is 0 Å². The zero-order chi connectivity index (χ0) is 18.8. The van der Waals surface area contributed by atoms with E-state index in [0.717, 1.165) is 24.9 Å². The molecule has 4 heterocycles. The van der Waals surface area contributed by atoms with Gasteiger partial charge in [-0.05, 0) is 43.7 Å². The molecule has 3 aromatic rings. The van der Waals surface area contributed by atoms with Crippen LogP contribution in [0, 0.1) is 5.82 Å². The molecule has 0 radical (unpaired) electrons. The molecule has 140 valence electrons. The molecule has 1 atom stereocenters. The number of hydrogen-bond donors (Lipinski definition) is 2. The van der Waals surface area contributed by atoms with Gasteiger partial charge >= 0.3 is 0 Å². The van der Waals surface area contributed by atoms with Crippen molar-refractivity contribution in [3.63, 3.8) is 0 Å². The Labute approximate surface area is 156 Å². The molecule has 1 saturated heterocycles. The first-order chi connectivity index (χ1) is 13.1. The highest BCUT2D eigenvalue weighted by atomic mass is 19.1. The quantitative estimate of drug-likeness (QED) is 0.742. The van der Waals surface area contributed by atoms with Crippen molar-refractivity contribution in [2.24, 2.45) is 7.05 Å². The molecule has 2 N–H and O–H groups in total. The highest BCUT2D eigenvalue weighted by Crippen LogP contribution is 2.24. The summed E-state index contributed by atoms with van der Waals surface area (Å²) in [5, 5.41) is 10.6. The zero-order valence-corrected chi connectivity index (χ0v) is 15.0. The minimum atomic E-state index is -0.411. The summed E-state index contributed by atoms with van der Waals surface area (Å²) in [6, 6.07) is 8.63. The van der Waals surface area contributed by atoms with Gasteiger partial charge in [-0.25, -0.2) is 14.1 Å². The number of amides is 1. The summed E-state index contributed by atoms with van der Waals surface area (Å²) in [5.41, 5.74) is 1.69. The number of anilines is 1. The normalized spacial score (nSPS) is 17.0. The molecule has 0 bridgehead atoms. The van der Waals surface area contributed by atoms with Gasteiger partial charge in [-0.15, -0.1) is 5.10 Å². The number of halogens is 1. The third-order valence-electron chi connectivity index (χ3n) is 4.84. The van der Waals surface area contributed by atoms with Crippen LogP contribution in [0.15, 0.2) is 42.7 Å². The second-order valence-corrected chi connectivity index (χ2v) is 6.64. The van der Waals surface area contributed by atoms with E-state index in [1.165, 1.54) is 29.7 Å². The fourth-order valence-corrected chi connectivity index (χ4v) is 3.41. The molecule has 27 heavy (non-hydrogen) atoms. The van der Waals surface area contributed by atoms with Crippen LogP contribution >= 0.6 is 0 Å². The smallest absolute Gasteiger partial charge is 0.273 e. The number of pyridine rings is 1. The highest BCUT2D eigenvalue weighted by molar-refractivity contribution is 6.02. The lowest BCUT2D eigenvalue weighted by Crippen LogP contribution is -2.29. The predicted molar refractivity (Wildman–Crippen MR) is 99.3 cm³/mol. The van der Waals surface area contributed by atoms with Gasteiger partial charge in [0.2, 0.25) is 0 Å². The van der Waals surface area contributed by atoms with Gasteiger partial charge in [0.15, 0.2) is 11.6 Å². The highest BCUT2D eigenvalue weighted by Gasteiger charge is 2.21. The van der Waals surface area contributed by atoms with Gasteiger partial charge < -0.3 is 15.2 Å². The van der Waals surface area contributed by atoms with Crippen molar-refractivity contribution in [1.29, 1.82) is 0 Å². The van der Waals surface area contributed by atoms with Crippen LogP contribution in [0.2, 0.25) is 0 Å². The summed E-state index contributed by atoms with van der Waals surface area (Å²) in [6.45, 7) is 1.01. The van der Waals surface area contributed by atoms with Gasteiger partial charge in [-0.2, -0.15) is 0 Å². The molecule has 4 rings (SSSR count). The van der Waals surface area contributed by atoms with Crippen LogP contribution in [0.25, 0.3) is 5.82 Å². The zero-order valence-electron chi connectivity index (χ0n) is 15.0. The second kappa shape index (κ2) is 7.32. The Morgan fingerprint density at radius 2 is 2.15 bits per heavy atom. The largest absolute Gasteiger partial charge is 0.342 e. The summed E-state index contributed by atoms with van der Waals surface area (Å²) in [4.78, 5) is 16.6. The van der Waals surface area contributed by atoms with Crippen LogP contribution in [-0.2, 0) is 7.05 Å². The summed E-state index contributed by atoms with van der Waals surface area (Å²) in [6.07, 6.45) is 6.26. The van der Waals surface area contributed by atoms with Crippen LogP contribution in [0.4, 0.5) is 10.2 Å². The molecule has 1 aliphatic rings. The van der Waals surface area contributed by atoms with E-state index in [1.54, 1.807) is 12.3 Å². The third kappa shape index (κ3) is 3.61. The first kappa shape index (κ1) is 17.4. The van der Waals surface area contributed by atoms with Gasteiger partial charge in [0, 0.05) is 31.0 Å². The van der Waals surface area contributed by atoms with Crippen molar-refractivity contribution < 1.29 is 9.18 Å². The van der Waals surface area contributed by atoms with Gasteiger partial charge in [0.05, 0.1) is 6.20 Å². The first-order valence-corrected chi connectivity index (χ1v) is 9.00. The van der Waals surface area contributed by atoms with Crippen LogP contribution in [0.3, 0.4) is 0 Å². The van der Waals surface area contributed by atoms with Crippen molar-refractivity contribution in [3.8, 4) is 5.82 Å². The second-order valence-electron chi connectivity index (χ2n) is 6.64. The van der Waals surface area contributed by atoms with Crippen LogP contribution < -0.4 is 10.6 Å². The lowest BCUT2D eigenvalue weighted by atomic mass is 10.0. The molecule has 0 aliphatic carbocycles. The number of rotatable bonds is 4. The summed E-state index contributed by atoms with van der Waals surface area (Å²) in [5.74, 6) is 0.245. The maximum atomic E-state index is 13.0. The fraction of sp³-hybridized carbons (Fsp3) is 0.316. The number of nitrogens with zero attached hydrogens (tertiary/aromatic N) is 4. The van der Waals surface area contributed by atoms with E-state index < -0.39 is 5.82 Å². The minimum absolute atomic E-state index is 0.225. The van der Waals surface area contributed by atoms with E-state index in [9.17, 15) is 9.18 Å². The Morgan fingerprint density at radius 1 is 1.26 bits per heavy atom. The van der Waals surface area contributed by atoms with E-state index in [2.05, 4.69) is 20.7 Å². The Kier molecular flexibility index (Phi) is 4.72. The SMILES string of the molecule is Cn1c(C(=O)Nc2ccn(-c3ccc(F)cn3)n2)ccc1C1CCCCN1. The molecule has 7 nitrogen and oxygen atoms in total. The third-order valence-corrected chi connectivity index (χ3v) is 4.84. The molecule has 0 saturated carbocycles. The molecule has 3 aromatic heterocycles. The van der Waals surface area contributed by atoms with E-state index in [0.29, 0.717) is 17.3 Å². The van der Waals surface area contributed by atoms with Gasteiger partial charge in [0.25, 0.3) is 5.91 Å². The molecule has 0 aromatic carbocycles. The Morgan fingerprint density at radius 3 is 2.89 bits per heavy atom. The van der Waals surface area contributed by atoms with Crippen molar-refractivity contribution in [2.75, 3.05) is 11.9 Å². The molecular weight excluding hydrogens is 347 g/mol.